The average Bonchev–Trinajstić information content (AvgIpc) is 2.45. The maximum absolute atomic E-state index is 11.6. The summed E-state index contributed by atoms with van der Waals surface area (Å²) in [6.07, 6.45) is 3.34. The first-order valence-corrected chi connectivity index (χ1v) is 9.50. The molecule has 21 heavy (non-hydrogen) atoms. The SMILES string of the molecule is CC(C)c1ccc(NCC2CCCN(S(C)(=O)=O)C2)cc1. The Morgan fingerprint density at radius 2 is 1.95 bits per heavy atom. The fraction of sp³-hybridized carbons (Fsp3) is 0.625. The van der Waals surface area contributed by atoms with Crippen LogP contribution >= 0.6 is 0 Å². The lowest BCUT2D eigenvalue weighted by Gasteiger charge is -2.31. The topological polar surface area (TPSA) is 49.4 Å². The lowest BCUT2D eigenvalue weighted by molar-refractivity contribution is 0.277. The van der Waals surface area contributed by atoms with E-state index < -0.39 is 10.0 Å². The highest BCUT2D eigenvalue weighted by molar-refractivity contribution is 7.88. The number of hydrogen-bond acceptors (Lipinski definition) is 3. The molecule has 0 radical (unpaired) electrons. The second-order valence-corrected chi connectivity index (χ2v) is 8.27. The normalized spacial score (nSPS) is 20.7. The summed E-state index contributed by atoms with van der Waals surface area (Å²) in [5.74, 6) is 0.930. The van der Waals surface area contributed by atoms with E-state index >= 15 is 0 Å². The Labute approximate surface area is 128 Å². The molecule has 0 spiro atoms. The Morgan fingerprint density at radius 3 is 2.52 bits per heavy atom. The van der Waals surface area contributed by atoms with Gasteiger partial charge in [-0.2, -0.15) is 0 Å². The standard InChI is InChI=1S/C16H26N2O2S/c1-13(2)15-6-8-16(9-7-15)17-11-14-5-4-10-18(12-14)21(3,19)20/h6-9,13-14,17H,4-5,10-12H2,1-3H3. The largest absolute Gasteiger partial charge is 0.385 e. The van der Waals surface area contributed by atoms with Gasteiger partial charge in [-0.3, -0.25) is 0 Å². The number of sulfonamides is 1. The number of hydrogen-bond donors (Lipinski definition) is 1. The molecule has 1 unspecified atom stereocenters. The van der Waals surface area contributed by atoms with Crippen LogP contribution in [0.15, 0.2) is 24.3 Å². The minimum Gasteiger partial charge on any atom is -0.385 e. The summed E-state index contributed by atoms with van der Waals surface area (Å²) in [5, 5.41) is 3.43. The van der Waals surface area contributed by atoms with Gasteiger partial charge in [0.1, 0.15) is 0 Å². The van der Waals surface area contributed by atoms with Crippen LogP contribution in [0.4, 0.5) is 5.69 Å². The van der Waals surface area contributed by atoms with Crippen LogP contribution in [0.2, 0.25) is 0 Å². The summed E-state index contributed by atoms with van der Waals surface area (Å²) in [6, 6.07) is 8.51. The molecular weight excluding hydrogens is 284 g/mol. The Hall–Kier alpha value is -1.07. The third kappa shape index (κ3) is 4.71. The smallest absolute Gasteiger partial charge is 0.211 e. The van der Waals surface area contributed by atoms with Gasteiger partial charge in [0.15, 0.2) is 0 Å². The van der Waals surface area contributed by atoms with Gasteiger partial charge in [-0.25, -0.2) is 12.7 Å². The number of nitrogens with one attached hydrogen (secondary N) is 1. The Bertz CT molecular complexity index is 552. The van der Waals surface area contributed by atoms with E-state index in [2.05, 4.69) is 43.4 Å². The molecule has 1 N–H and O–H groups in total. The minimum absolute atomic E-state index is 0.387. The quantitative estimate of drug-likeness (QED) is 0.910. The molecule has 1 aromatic rings. The lowest BCUT2D eigenvalue weighted by Crippen LogP contribution is -2.41. The monoisotopic (exact) mass is 310 g/mol. The molecule has 1 aromatic carbocycles. The van der Waals surface area contributed by atoms with Crippen LogP contribution in [0, 0.1) is 5.92 Å². The molecule has 1 heterocycles. The molecule has 1 saturated heterocycles. The van der Waals surface area contributed by atoms with Crippen LogP contribution in [0.5, 0.6) is 0 Å². The van der Waals surface area contributed by atoms with E-state index in [1.807, 2.05) is 0 Å². The van der Waals surface area contributed by atoms with Gasteiger partial charge in [0.2, 0.25) is 10.0 Å². The lowest BCUT2D eigenvalue weighted by atomic mass is 9.99. The van der Waals surface area contributed by atoms with Gasteiger partial charge < -0.3 is 5.32 Å². The predicted octanol–water partition coefficient (Wildman–Crippen LogP) is 2.89. The second-order valence-electron chi connectivity index (χ2n) is 6.29. The van der Waals surface area contributed by atoms with Gasteiger partial charge in [0.05, 0.1) is 6.26 Å². The van der Waals surface area contributed by atoms with Gasteiger partial charge in [-0.15, -0.1) is 0 Å². The van der Waals surface area contributed by atoms with Crippen molar-refractivity contribution in [3.8, 4) is 0 Å². The molecule has 4 nitrogen and oxygen atoms in total. The molecule has 1 aliphatic rings. The van der Waals surface area contributed by atoms with Gasteiger partial charge in [-0.05, 0) is 42.4 Å². The fourth-order valence-electron chi connectivity index (χ4n) is 2.74. The van der Waals surface area contributed by atoms with E-state index in [9.17, 15) is 8.42 Å². The highest BCUT2D eigenvalue weighted by atomic mass is 32.2. The average molecular weight is 310 g/mol. The highest BCUT2D eigenvalue weighted by Crippen LogP contribution is 2.21. The molecule has 118 valence electrons. The Morgan fingerprint density at radius 1 is 1.29 bits per heavy atom. The summed E-state index contributed by atoms with van der Waals surface area (Å²) in [5.41, 5.74) is 2.44. The van der Waals surface area contributed by atoms with Crippen molar-refractivity contribution in [1.82, 2.24) is 4.31 Å². The van der Waals surface area contributed by atoms with Crippen LogP contribution in [-0.4, -0.2) is 38.6 Å². The third-order valence-electron chi connectivity index (χ3n) is 4.12. The van der Waals surface area contributed by atoms with Gasteiger partial charge in [0, 0.05) is 25.3 Å². The van der Waals surface area contributed by atoms with E-state index in [0.29, 0.717) is 24.9 Å². The van der Waals surface area contributed by atoms with Crippen molar-refractivity contribution >= 4 is 15.7 Å². The van der Waals surface area contributed by atoms with Crippen LogP contribution < -0.4 is 5.32 Å². The summed E-state index contributed by atoms with van der Waals surface area (Å²) in [7, 11) is -3.05. The summed E-state index contributed by atoms with van der Waals surface area (Å²) in [6.45, 7) is 6.50. The number of rotatable bonds is 5. The molecule has 2 rings (SSSR count). The molecule has 1 aliphatic heterocycles. The van der Waals surface area contributed by atoms with Crippen LogP contribution in [0.1, 0.15) is 38.2 Å². The van der Waals surface area contributed by atoms with E-state index in [1.54, 1.807) is 4.31 Å². The van der Waals surface area contributed by atoms with Crippen LogP contribution in [0.3, 0.4) is 0 Å². The molecule has 5 heteroatoms. The zero-order chi connectivity index (χ0) is 15.5. The number of anilines is 1. The molecular formula is C16H26N2O2S. The van der Waals surface area contributed by atoms with Gasteiger partial charge >= 0.3 is 0 Å². The fourth-order valence-corrected chi connectivity index (χ4v) is 3.69. The van der Waals surface area contributed by atoms with E-state index in [0.717, 1.165) is 25.1 Å². The van der Waals surface area contributed by atoms with E-state index in [-0.39, 0.29) is 0 Å². The number of benzene rings is 1. The summed E-state index contributed by atoms with van der Waals surface area (Å²) >= 11 is 0. The van der Waals surface area contributed by atoms with E-state index in [4.69, 9.17) is 0 Å². The first-order chi connectivity index (χ1) is 9.86. The zero-order valence-electron chi connectivity index (χ0n) is 13.2. The minimum atomic E-state index is -3.05. The summed E-state index contributed by atoms with van der Waals surface area (Å²) < 4.78 is 24.8. The van der Waals surface area contributed by atoms with Crippen molar-refractivity contribution in [3.05, 3.63) is 29.8 Å². The first-order valence-electron chi connectivity index (χ1n) is 7.65. The van der Waals surface area contributed by atoms with Gasteiger partial charge in [-0.1, -0.05) is 26.0 Å². The van der Waals surface area contributed by atoms with Crippen LogP contribution in [-0.2, 0) is 10.0 Å². The maximum Gasteiger partial charge on any atom is 0.211 e. The maximum atomic E-state index is 11.6. The second kappa shape index (κ2) is 6.79. The molecule has 0 bridgehead atoms. The highest BCUT2D eigenvalue weighted by Gasteiger charge is 2.25. The van der Waals surface area contributed by atoms with Crippen molar-refractivity contribution in [2.45, 2.75) is 32.6 Å². The number of piperidine rings is 1. The van der Waals surface area contributed by atoms with Crippen molar-refractivity contribution in [1.29, 1.82) is 0 Å². The predicted molar refractivity (Wildman–Crippen MR) is 88.2 cm³/mol. The first kappa shape index (κ1) is 16.3. The van der Waals surface area contributed by atoms with Crippen molar-refractivity contribution in [3.63, 3.8) is 0 Å². The molecule has 1 fully saturated rings. The van der Waals surface area contributed by atoms with Crippen molar-refractivity contribution < 1.29 is 8.42 Å². The Kier molecular flexibility index (Phi) is 5.27. The zero-order valence-corrected chi connectivity index (χ0v) is 14.0. The van der Waals surface area contributed by atoms with Crippen molar-refractivity contribution in [2.75, 3.05) is 31.2 Å². The van der Waals surface area contributed by atoms with E-state index in [1.165, 1.54) is 11.8 Å². The molecule has 0 aliphatic carbocycles. The molecule has 0 saturated carbocycles. The number of nitrogens with zero attached hydrogens (tertiary/aromatic N) is 1. The Balaban J connectivity index is 1.88. The molecule has 0 amide bonds. The molecule has 0 aromatic heterocycles. The van der Waals surface area contributed by atoms with Gasteiger partial charge in [0.25, 0.3) is 0 Å². The van der Waals surface area contributed by atoms with Crippen molar-refractivity contribution in [2.24, 2.45) is 5.92 Å². The molecule has 1 atom stereocenters. The third-order valence-corrected chi connectivity index (χ3v) is 5.39. The summed E-state index contributed by atoms with van der Waals surface area (Å²) in [4.78, 5) is 0. The van der Waals surface area contributed by atoms with Crippen LogP contribution in [0.25, 0.3) is 0 Å².